The molecule has 4 rings (SSSR count). The third-order valence-corrected chi connectivity index (χ3v) is 5.79. The molecule has 0 aliphatic heterocycles. The predicted molar refractivity (Wildman–Crippen MR) is 118 cm³/mol. The zero-order valence-electron chi connectivity index (χ0n) is 16.8. The topological polar surface area (TPSA) is 123 Å². The Morgan fingerprint density at radius 1 is 0.938 bits per heavy atom. The number of hydrogen-bond donors (Lipinski definition) is 2. The van der Waals surface area contributed by atoms with Gasteiger partial charge in [0.25, 0.3) is 15.9 Å². The van der Waals surface area contributed by atoms with Crippen molar-refractivity contribution >= 4 is 27.6 Å². The second kappa shape index (κ2) is 8.90. The Morgan fingerprint density at radius 3 is 2.50 bits per heavy atom. The molecule has 4 aromatic rings. The molecule has 0 unspecified atom stereocenters. The molecular weight excluding hydrogens is 432 g/mol. The monoisotopic (exact) mass is 450 g/mol. The van der Waals surface area contributed by atoms with E-state index in [1.54, 1.807) is 61.7 Å². The van der Waals surface area contributed by atoms with Crippen LogP contribution in [-0.4, -0.2) is 31.6 Å². The summed E-state index contributed by atoms with van der Waals surface area (Å²) >= 11 is 0. The fraction of sp³-hybridized carbons (Fsp3) is 0.0455. The van der Waals surface area contributed by atoms with Gasteiger partial charge in [-0.05, 0) is 48.5 Å². The predicted octanol–water partition coefficient (Wildman–Crippen LogP) is 3.80. The number of benzene rings is 3. The maximum atomic E-state index is 12.6. The van der Waals surface area contributed by atoms with E-state index in [1.165, 1.54) is 24.3 Å². The normalized spacial score (nSPS) is 11.0. The first-order chi connectivity index (χ1) is 15.4. The molecular formula is C22H18N4O5S. The van der Waals surface area contributed by atoms with Gasteiger partial charge < -0.3 is 9.15 Å². The number of amides is 1. The second-order valence-electron chi connectivity index (χ2n) is 6.60. The lowest BCUT2D eigenvalue weighted by molar-refractivity contribution is 0.102. The molecule has 10 heteroatoms. The number of hydrogen-bond acceptors (Lipinski definition) is 7. The number of nitrogens with zero attached hydrogens (tertiary/aromatic N) is 2. The highest BCUT2D eigenvalue weighted by molar-refractivity contribution is 7.92. The molecule has 0 fully saturated rings. The summed E-state index contributed by atoms with van der Waals surface area (Å²) in [6.45, 7) is 0. The number of anilines is 2. The van der Waals surface area contributed by atoms with Gasteiger partial charge in [0.1, 0.15) is 5.75 Å². The van der Waals surface area contributed by atoms with Crippen LogP contribution in [0.4, 0.5) is 11.7 Å². The van der Waals surface area contributed by atoms with Crippen molar-refractivity contribution < 1.29 is 22.4 Å². The average Bonchev–Trinajstić information content (AvgIpc) is 3.28. The van der Waals surface area contributed by atoms with Gasteiger partial charge in [0.05, 0.1) is 12.0 Å². The van der Waals surface area contributed by atoms with Gasteiger partial charge in [0.15, 0.2) is 0 Å². The minimum Gasteiger partial charge on any atom is -0.497 e. The lowest BCUT2D eigenvalue weighted by atomic mass is 10.2. The van der Waals surface area contributed by atoms with Gasteiger partial charge in [-0.2, -0.15) is 0 Å². The van der Waals surface area contributed by atoms with E-state index in [0.29, 0.717) is 11.3 Å². The van der Waals surface area contributed by atoms with Crippen molar-refractivity contribution in [3.63, 3.8) is 0 Å². The molecule has 9 nitrogen and oxygen atoms in total. The van der Waals surface area contributed by atoms with E-state index in [0.717, 1.165) is 0 Å². The molecule has 1 heterocycles. The molecule has 0 aliphatic carbocycles. The number of sulfonamides is 1. The van der Waals surface area contributed by atoms with E-state index < -0.39 is 15.9 Å². The Kier molecular flexibility index (Phi) is 5.86. The van der Waals surface area contributed by atoms with Crippen molar-refractivity contribution in [1.29, 1.82) is 0 Å². The number of carbonyl (C=O) groups excluding carboxylic acids is 1. The van der Waals surface area contributed by atoms with Crippen LogP contribution in [0.2, 0.25) is 0 Å². The molecule has 3 aromatic carbocycles. The summed E-state index contributed by atoms with van der Waals surface area (Å²) in [5.41, 5.74) is 1.08. The molecule has 162 valence electrons. The highest BCUT2D eigenvalue weighted by atomic mass is 32.2. The van der Waals surface area contributed by atoms with Crippen LogP contribution in [0.3, 0.4) is 0 Å². The Hall–Kier alpha value is -4.18. The molecule has 2 N–H and O–H groups in total. The number of methoxy groups -OCH3 is 1. The number of ether oxygens (including phenoxy) is 1. The Morgan fingerprint density at radius 2 is 1.72 bits per heavy atom. The largest absolute Gasteiger partial charge is 0.497 e. The first kappa shape index (κ1) is 21.1. The fourth-order valence-electron chi connectivity index (χ4n) is 2.85. The van der Waals surface area contributed by atoms with Crippen LogP contribution < -0.4 is 14.8 Å². The summed E-state index contributed by atoms with van der Waals surface area (Å²) in [5, 5.41) is 10.3. The summed E-state index contributed by atoms with van der Waals surface area (Å²) in [6, 6.07) is 21.0. The van der Waals surface area contributed by atoms with Crippen LogP contribution in [-0.2, 0) is 10.0 Å². The summed E-state index contributed by atoms with van der Waals surface area (Å²) in [5.74, 6) is 0.302. The minimum atomic E-state index is -3.78. The molecule has 0 atom stereocenters. The van der Waals surface area contributed by atoms with Gasteiger partial charge >= 0.3 is 6.01 Å². The van der Waals surface area contributed by atoms with E-state index in [9.17, 15) is 13.2 Å². The van der Waals surface area contributed by atoms with Crippen LogP contribution >= 0.6 is 0 Å². The van der Waals surface area contributed by atoms with Crippen LogP contribution in [0, 0.1) is 0 Å². The van der Waals surface area contributed by atoms with Crippen LogP contribution in [0.1, 0.15) is 10.4 Å². The van der Waals surface area contributed by atoms with Crippen molar-refractivity contribution in [3.8, 4) is 17.2 Å². The van der Waals surface area contributed by atoms with E-state index in [1.807, 2.05) is 0 Å². The molecule has 0 spiro atoms. The van der Waals surface area contributed by atoms with Gasteiger partial charge in [-0.3, -0.25) is 14.8 Å². The summed E-state index contributed by atoms with van der Waals surface area (Å²) in [7, 11) is -2.23. The third-order valence-electron chi connectivity index (χ3n) is 4.39. The van der Waals surface area contributed by atoms with Crippen molar-refractivity contribution in [1.82, 2.24) is 10.2 Å². The van der Waals surface area contributed by atoms with E-state index in [-0.39, 0.29) is 28.1 Å². The van der Waals surface area contributed by atoms with Crippen molar-refractivity contribution in [2.24, 2.45) is 0 Å². The van der Waals surface area contributed by atoms with Crippen LogP contribution in [0.5, 0.6) is 5.75 Å². The highest BCUT2D eigenvalue weighted by Crippen LogP contribution is 2.24. The second-order valence-corrected chi connectivity index (χ2v) is 8.28. The Labute approximate surface area is 184 Å². The van der Waals surface area contributed by atoms with Crippen LogP contribution in [0.25, 0.3) is 11.5 Å². The van der Waals surface area contributed by atoms with Crippen molar-refractivity contribution in [3.05, 3.63) is 84.4 Å². The van der Waals surface area contributed by atoms with E-state index in [4.69, 9.17) is 9.15 Å². The van der Waals surface area contributed by atoms with Crippen LogP contribution in [0.15, 0.2) is 88.2 Å². The Bertz CT molecular complexity index is 1350. The smallest absolute Gasteiger partial charge is 0.322 e. The molecule has 1 amide bonds. The van der Waals surface area contributed by atoms with E-state index >= 15 is 0 Å². The summed E-state index contributed by atoms with van der Waals surface area (Å²) < 4.78 is 38.1. The summed E-state index contributed by atoms with van der Waals surface area (Å²) in [4.78, 5) is 12.7. The minimum absolute atomic E-state index is 0.0944. The molecule has 0 saturated carbocycles. The molecule has 1 aromatic heterocycles. The first-order valence-corrected chi connectivity index (χ1v) is 10.9. The maximum Gasteiger partial charge on any atom is 0.322 e. The lowest BCUT2D eigenvalue weighted by Crippen LogP contribution is -2.15. The van der Waals surface area contributed by atoms with Gasteiger partial charge in [-0.15, -0.1) is 5.10 Å². The number of carbonyl (C=O) groups is 1. The standard InChI is InChI=1S/C22H18N4O5S/c1-30-18-10-6-8-16(14-18)21-24-25-22(31-21)23-20(27)15-7-5-9-17(13-15)26-32(28,29)19-11-3-2-4-12-19/h2-14,26H,1H3,(H,23,25,27). The summed E-state index contributed by atoms with van der Waals surface area (Å²) in [6.07, 6.45) is 0. The van der Waals surface area contributed by atoms with E-state index in [2.05, 4.69) is 20.2 Å². The Balaban J connectivity index is 1.48. The van der Waals surface area contributed by atoms with Gasteiger partial charge in [0.2, 0.25) is 5.89 Å². The molecule has 0 bridgehead atoms. The van der Waals surface area contributed by atoms with Crippen molar-refractivity contribution in [2.75, 3.05) is 17.1 Å². The highest BCUT2D eigenvalue weighted by Gasteiger charge is 2.16. The molecule has 0 aliphatic rings. The number of aromatic nitrogens is 2. The first-order valence-electron chi connectivity index (χ1n) is 9.42. The molecule has 32 heavy (non-hydrogen) atoms. The van der Waals surface area contributed by atoms with Gasteiger partial charge in [-0.25, -0.2) is 8.42 Å². The lowest BCUT2D eigenvalue weighted by Gasteiger charge is -2.09. The van der Waals surface area contributed by atoms with Gasteiger partial charge in [-0.1, -0.05) is 35.4 Å². The number of nitrogens with one attached hydrogen (secondary N) is 2. The SMILES string of the molecule is COc1cccc(-c2nnc(NC(=O)c3cccc(NS(=O)(=O)c4ccccc4)c3)o2)c1. The zero-order valence-corrected chi connectivity index (χ0v) is 17.7. The average molecular weight is 450 g/mol. The molecule has 0 saturated heterocycles. The quantitative estimate of drug-likeness (QED) is 0.439. The third kappa shape index (κ3) is 4.76. The zero-order chi connectivity index (χ0) is 22.6. The fourth-order valence-corrected chi connectivity index (χ4v) is 3.92. The molecule has 0 radical (unpaired) electrons. The van der Waals surface area contributed by atoms with Crippen molar-refractivity contribution in [2.45, 2.75) is 4.90 Å². The maximum absolute atomic E-state index is 12.6. The number of rotatable bonds is 7. The van der Waals surface area contributed by atoms with Gasteiger partial charge in [0, 0.05) is 16.8 Å².